The van der Waals surface area contributed by atoms with Crippen molar-refractivity contribution >= 4 is 17.7 Å². The van der Waals surface area contributed by atoms with E-state index in [1.807, 2.05) is 12.1 Å². The van der Waals surface area contributed by atoms with E-state index in [1.54, 1.807) is 6.07 Å². The number of hydrogen-bond acceptors (Lipinski definition) is 5. The molecule has 0 unspecified atom stereocenters. The minimum Gasteiger partial charge on any atom is -0.314 e. The normalized spacial score (nSPS) is 21.8. The summed E-state index contributed by atoms with van der Waals surface area (Å²) in [4.78, 5) is 39.5. The molecule has 0 radical (unpaired) electrons. The molecule has 3 aliphatic heterocycles. The molecule has 7 nitrogen and oxygen atoms in total. The smallest absolute Gasteiger partial charge is 0.273 e. The van der Waals surface area contributed by atoms with Crippen LogP contribution in [-0.4, -0.2) is 58.8 Å². The molecule has 25 heavy (non-hydrogen) atoms. The zero-order valence-electron chi connectivity index (χ0n) is 14.2. The second kappa shape index (κ2) is 6.57. The Kier molecular flexibility index (Phi) is 4.27. The molecule has 3 aliphatic rings. The molecule has 2 saturated heterocycles. The molecule has 0 spiro atoms. The highest BCUT2D eigenvalue weighted by molar-refractivity contribution is 6.04. The molecule has 1 aromatic carbocycles. The van der Waals surface area contributed by atoms with Crippen LogP contribution in [0.4, 0.5) is 0 Å². The average Bonchev–Trinajstić information content (AvgIpc) is 2.94. The van der Waals surface area contributed by atoms with Crippen molar-refractivity contribution in [3.8, 4) is 0 Å². The topological polar surface area (TPSA) is 73.0 Å². The van der Waals surface area contributed by atoms with E-state index in [-0.39, 0.29) is 17.7 Å². The van der Waals surface area contributed by atoms with Gasteiger partial charge in [0, 0.05) is 51.1 Å². The largest absolute Gasteiger partial charge is 0.314 e. The summed E-state index contributed by atoms with van der Waals surface area (Å²) in [7, 11) is 0. The molecule has 1 aromatic rings. The van der Waals surface area contributed by atoms with Crippen LogP contribution in [0.2, 0.25) is 0 Å². The quantitative estimate of drug-likeness (QED) is 0.810. The maximum atomic E-state index is 12.8. The average molecular weight is 342 g/mol. The molecule has 0 bridgehead atoms. The number of hydrazine groups is 1. The Hall–Kier alpha value is -2.25. The molecular weight excluding hydrogens is 320 g/mol. The number of piperidine rings is 1. The predicted molar refractivity (Wildman–Crippen MR) is 90.2 cm³/mol. The number of nitrogens with one attached hydrogen (secondary N) is 1. The molecule has 0 aliphatic carbocycles. The fourth-order valence-electron chi connectivity index (χ4n) is 3.81. The maximum absolute atomic E-state index is 12.8. The summed E-state index contributed by atoms with van der Waals surface area (Å²) in [6.45, 7) is 4.98. The lowest BCUT2D eigenvalue weighted by atomic mass is 10.0. The third-order valence-electron chi connectivity index (χ3n) is 5.14. The van der Waals surface area contributed by atoms with E-state index in [0.29, 0.717) is 31.4 Å². The maximum Gasteiger partial charge on any atom is 0.273 e. The molecule has 0 saturated carbocycles. The van der Waals surface area contributed by atoms with Gasteiger partial charge in [-0.05, 0) is 23.6 Å². The first kappa shape index (κ1) is 16.2. The van der Waals surface area contributed by atoms with Gasteiger partial charge in [-0.2, -0.15) is 5.01 Å². The Morgan fingerprint density at radius 3 is 2.44 bits per heavy atom. The van der Waals surface area contributed by atoms with Crippen LogP contribution in [0.3, 0.4) is 0 Å². The van der Waals surface area contributed by atoms with Crippen molar-refractivity contribution in [3.63, 3.8) is 0 Å². The van der Waals surface area contributed by atoms with Gasteiger partial charge in [0.1, 0.15) is 0 Å². The van der Waals surface area contributed by atoms with E-state index in [9.17, 15) is 14.4 Å². The van der Waals surface area contributed by atoms with Gasteiger partial charge < -0.3 is 5.32 Å². The Labute approximate surface area is 146 Å². The van der Waals surface area contributed by atoms with Gasteiger partial charge in [0.25, 0.3) is 5.91 Å². The van der Waals surface area contributed by atoms with Crippen molar-refractivity contribution in [1.82, 2.24) is 20.2 Å². The van der Waals surface area contributed by atoms with E-state index >= 15 is 0 Å². The first-order valence-corrected chi connectivity index (χ1v) is 8.86. The molecule has 4 rings (SSSR count). The fraction of sp³-hybridized carbons (Fsp3) is 0.500. The summed E-state index contributed by atoms with van der Waals surface area (Å²) in [6.07, 6.45) is 1.20. The predicted octanol–water partition coefficient (Wildman–Crippen LogP) is 0.502. The number of benzene rings is 1. The minimum atomic E-state index is -0.277. The third kappa shape index (κ3) is 2.94. The Bertz CT molecular complexity index is 711. The van der Waals surface area contributed by atoms with Crippen molar-refractivity contribution in [2.75, 3.05) is 26.2 Å². The van der Waals surface area contributed by atoms with Gasteiger partial charge in [-0.15, -0.1) is 0 Å². The first-order valence-electron chi connectivity index (χ1n) is 8.86. The number of imide groups is 1. The number of fused-ring (bicyclic) bond motifs is 1. The van der Waals surface area contributed by atoms with Crippen LogP contribution in [0.1, 0.15) is 40.7 Å². The minimum absolute atomic E-state index is 0.249. The Morgan fingerprint density at radius 2 is 1.72 bits per heavy atom. The summed E-state index contributed by atoms with van der Waals surface area (Å²) in [5.41, 5.74) is 2.66. The number of carbonyl (C=O) groups excluding carboxylic acids is 3. The second-order valence-electron chi connectivity index (χ2n) is 6.79. The van der Waals surface area contributed by atoms with Gasteiger partial charge in [0.05, 0.1) is 6.54 Å². The molecule has 132 valence electrons. The lowest BCUT2D eigenvalue weighted by Crippen LogP contribution is -2.52. The van der Waals surface area contributed by atoms with E-state index in [0.717, 1.165) is 48.9 Å². The van der Waals surface area contributed by atoms with Crippen LogP contribution >= 0.6 is 0 Å². The van der Waals surface area contributed by atoms with Gasteiger partial charge in [-0.3, -0.25) is 19.3 Å². The zero-order valence-corrected chi connectivity index (χ0v) is 14.2. The van der Waals surface area contributed by atoms with Crippen LogP contribution in [0.5, 0.6) is 0 Å². The summed E-state index contributed by atoms with van der Waals surface area (Å²) >= 11 is 0. The van der Waals surface area contributed by atoms with Gasteiger partial charge in [-0.1, -0.05) is 12.1 Å². The standard InChI is InChI=1S/C18H22N4O3/c23-16-5-2-6-17(24)22(16)21-12-15-13(3-1-4-14(15)18(21)25)11-20-9-7-19-8-10-20/h1,3-4,19H,2,5-12H2. The number of hydrogen-bond donors (Lipinski definition) is 1. The van der Waals surface area contributed by atoms with Crippen molar-refractivity contribution in [3.05, 3.63) is 34.9 Å². The van der Waals surface area contributed by atoms with Crippen molar-refractivity contribution in [1.29, 1.82) is 0 Å². The van der Waals surface area contributed by atoms with E-state index < -0.39 is 0 Å². The van der Waals surface area contributed by atoms with Crippen molar-refractivity contribution in [2.24, 2.45) is 0 Å². The second-order valence-corrected chi connectivity index (χ2v) is 6.79. The number of rotatable bonds is 3. The summed E-state index contributed by atoms with van der Waals surface area (Å²) in [5.74, 6) is -0.803. The molecule has 2 fully saturated rings. The zero-order chi connectivity index (χ0) is 17.4. The first-order chi connectivity index (χ1) is 12.1. The van der Waals surface area contributed by atoms with Crippen LogP contribution in [0, 0.1) is 0 Å². The highest BCUT2D eigenvalue weighted by atomic mass is 16.2. The molecule has 1 N–H and O–H groups in total. The monoisotopic (exact) mass is 342 g/mol. The third-order valence-corrected chi connectivity index (χ3v) is 5.14. The molecular formula is C18H22N4O3. The fourth-order valence-corrected chi connectivity index (χ4v) is 3.81. The van der Waals surface area contributed by atoms with Gasteiger partial charge >= 0.3 is 0 Å². The van der Waals surface area contributed by atoms with Gasteiger partial charge in [0.2, 0.25) is 11.8 Å². The van der Waals surface area contributed by atoms with Gasteiger partial charge in [-0.25, -0.2) is 5.01 Å². The number of amides is 3. The number of piperazine rings is 1. The molecule has 0 atom stereocenters. The Morgan fingerprint density at radius 1 is 1.00 bits per heavy atom. The molecule has 3 amide bonds. The van der Waals surface area contributed by atoms with Crippen molar-refractivity contribution in [2.45, 2.75) is 32.4 Å². The van der Waals surface area contributed by atoms with Crippen LogP contribution in [-0.2, 0) is 22.7 Å². The number of carbonyl (C=O) groups is 3. The van der Waals surface area contributed by atoms with E-state index in [2.05, 4.69) is 10.2 Å². The Balaban J connectivity index is 1.59. The molecule has 3 heterocycles. The van der Waals surface area contributed by atoms with Crippen molar-refractivity contribution < 1.29 is 14.4 Å². The summed E-state index contributed by atoms with van der Waals surface area (Å²) in [5, 5.41) is 5.73. The highest BCUT2D eigenvalue weighted by Crippen LogP contribution is 2.30. The SMILES string of the molecule is O=C1c2cccc(CN3CCNCC3)c2CN1N1C(=O)CCCC1=O. The summed E-state index contributed by atoms with van der Waals surface area (Å²) < 4.78 is 0. The lowest BCUT2D eigenvalue weighted by Gasteiger charge is -2.32. The van der Waals surface area contributed by atoms with Gasteiger partial charge in [0.15, 0.2) is 0 Å². The van der Waals surface area contributed by atoms with Crippen LogP contribution in [0.25, 0.3) is 0 Å². The van der Waals surface area contributed by atoms with E-state index in [4.69, 9.17) is 0 Å². The highest BCUT2D eigenvalue weighted by Gasteiger charge is 2.39. The summed E-state index contributed by atoms with van der Waals surface area (Å²) in [6, 6.07) is 5.72. The number of nitrogens with zero attached hydrogens (tertiary/aromatic N) is 3. The van der Waals surface area contributed by atoms with E-state index in [1.165, 1.54) is 5.01 Å². The lowest BCUT2D eigenvalue weighted by molar-refractivity contribution is -0.163. The van der Waals surface area contributed by atoms with Crippen LogP contribution in [0.15, 0.2) is 18.2 Å². The molecule has 0 aromatic heterocycles. The molecule has 7 heteroatoms. The van der Waals surface area contributed by atoms with Crippen LogP contribution < -0.4 is 5.32 Å².